The Bertz CT molecular complexity index is 1340. The molecule has 0 radical (unpaired) electrons. The molecule has 0 saturated heterocycles. The van der Waals surface area contributed by atoms with Gasteiger partial charge in [0.15, 0.2) is 11.5 Å². The number of rotatable bonds is 8. The molecule has 5 fully saturated rings. The van der Waals surface area contributed by atoms with Crippen LogP contribution in [-0.4, -0.2) is 24.3 Å². The predicted octanol–water partition coefficient (Wildman–Crippen LogP) is 10.1. The second-order valence-corrected chi connectivity index (χ2v) is 17.0. The van der Waals surface area contributed by atoms with Crippen LogP contribution in [0.15, 0.2) is 35.9 Å². The topological polar surface area (TPSA) is 55.8 Å². The monoisotopic (exact) mass is 602 g/mol. The van der Waals surface area contributed by atoms with Gasteiger partial charge in [-0.05, 0) is 154 Å². The first-order valence-corrected chi connectivity index (χ1v) is 17.6. The third kappa shape index (κ3) is 4.62. The van der Waals surface area contributed by atoms with Crippen LogP contribution in [0, 0.1) is 50.7 Å². The van der Waals surface area contributed by atoms with E-state index in [-0.39, 0.29) is 23.2 Å². The van der Waals surface area contributed by atoms with Crippen molar-refractivity contribution in [1.82, 2.24) is 0 Å². The number of esters is 1. The second kappa shape index (κ2) is 10.9. The number of carbonyl (C=O) groups is 1. The van der Waals surface area contributed by atoms with Crippen LogP contribution in [0.25, 0.3) is 6.08 Å². The molecule has 4 heteroatoms. The number of benzene rings is 1. The van der Waals surface area contributed by atoms with Crippen LogP contribution in [0.5, 0.6) is 11.5 Å². The third-order valence-corrected chi connectivity index (χ3v) is 14.8. The van der Waals surface area contributed by atoms with Crippen molar-refractivity contribution in [1.29, 1.82) is 0 Å². The Labute approximate surface area is 267 Å². The van der Waals surface area contributed by atoms with E-state index < -0.39 is 0 Å². The minimum atomic E-state index is -0.276. The minimum Gasteiger partial charge on any atom is -0.504 e. The molecule has 0 aliphatic heterocycles. The quantitative estimate of drug-likeness (QED) is 0.183. The predicted molar refractivity (Wildman–Crippen MR) is 178 cm³/mol. The Balaban J connectivity index is 1.15. The molecule has 6 rings (SSSR count). The zero-order chi connectivity index (χ0) is 31.7. The molecule has 5 aliphatic carbocycles. The van der Waals surface area contributed by atoms with Crippen molar-refractivity contribution in [2.75, 3.05) is 7.11 Å². The Morgan fingerprint density at radius 1 is 0.977 bits per heavy atom. The summed E-state index contributed by atoms with van der Waals surface area (Å²) in [6, 6.07) is 5.09. The number of hydrogen-bond donors (Lipinski definition) is 1. The summed E-state index contributed by atoms with van der Waals surface area (Å²) in [6.45, 7) is 17.2. The number of ether oxygens (including phenoxy) is 2. The first kappa shape index (κ1) is 31.7. The van der Waals surface area contributed by atoms with E-state index in [1.165, 1.54) is 83.0 Å². The molecule has 242 valence electrons. The largest absolute Gasteiger partial charge is 0.504 e. The van der Waals surface area contributed by atoms with Crippen LogP contribution in [-0.2, 0) is 9.53 Å². The number of methoxy groups -OCH3 is 1. The van der Waals surface area contributed by atoms with Crippen molar-refractivity contribution in [3.8, 4) is 11.5 Å². The van der Waals surface area contributed by atoms with E-state index in [1.807, 2.05) is 0 Å². The molecular formula is C40H58O4. The lowest BCUT2D eigenvalue weighted by Gasteiger charge is -2.63. The highest BCUT2D eigenvalue weighted by molar-refractivity contribution is 5.87. The molecule has 0 heterocycles. The fraction of sp³-hybridized carbons (Fsp3) is 0.725. The summed E-state index contributed by atoms with van der Waals surface area (Å²) >= 11 is 0. The average Bonchev–Trinajstić information content (AvgIpc) is 3.55. The molecule has 1 unspecified atom stereocenters. The number of hydrogen-bond acceptors (Lipinski definition) is 4. The molecule has 44 heavy (non-hydrogen) atoms. The van der Waals surface area contributed by atoms with Crippen molar-refractivity contribution >= 4 is 12.0 Å². The van der Waals surface area contributed by atoms with E-state index in [1.54, 1.807) is 24.3 Å². The van der Waals surface area contributed by atoms with Gasteiger partial charge < -0.3 is 14.6 Å². The number of carbonyl (C=O) groups excluding carboxylic acids is 1. The summed E-state index contributed by atoms with van der Waals surface area (Å²) < 4.78 is 11.4. The van der Waals surface area contributed by atoms with Gasteiger partial charge in [-0.1, -0.05) is 52.3 Å². The first-order chi connectivity index (χ1) is 20.7. The van der Waals surface area contributed by atoms with Gasteiger partial charge in [0, 0.05) is 11.5 Å². The molecule has 1 aromatic carbocycles. The first-order valence-electron chi connectivity index (χ1n) is 17.6. The maximum Gasteiger partial charge on any atom is 0.331 e. The molecule has 0 bridgehead atoms. The molecule has 9 atom stereocenters. The molecule has 1 aromatic rings. The molecular weight excluding hydrogens is 544 g/mol. The summed E-state index contributed by atoms with van der Waals surface area (Å²) in [5, 5.41) is 9.88. The van der Waals surface area contributed by atoms with E-state index >= 15 is 0 Å². The number of allylic oxidation sites excluding steroid dienone is 2. The van der Waals surface area contributed by atoms with E-state index in [9.17, 15) is 9.90 Å². The second-order valence-electron chi connectivity index (χ2n) is 17.0. The van der Waals surface area contributed by atoms with Crippen molar-refractivity contribution in [3.63, 3.8) is 0 Å². The average molecular weight is 603 g/mol. The van der Waals surface area contributed by atoms with E-state index in [0.717, 1.165) is 29.7 Å². The standard InChI is InChI=1S/C40H58O4/c1-26(2)10-9-11-27(3)29-18-20-38(7)33-16-15-32-36(4,5)34(19-21-39(32)25-40(33,39)23-22-37(29,38)6)44-35(42)17-13-28-12-14-30(41)31(24-28)43-8/h10,12-14,17,24,27,29,32-34,41H,9,11,15-16,18-23,25H2,1-8H3/b17-13+/t27-,29-,32+,33+,34?,37-,38+,39-,40+/m1/s1. The summed E-state index contributed by atoms with van der Waals surface area (Å²) in [5.74, 6) is 3.33. The lowest BCUT2D eigenvalue weighted by atomic mass is 9.41. The van der Waals surface area contributed by atoms with Gasteiger partial charge in [-0.3, -0.25) is 0 Å². The highest BCUT2D eigenvalue weighted by Gasteiger charge is 2.82. The smallest absolute Gasteiger partial charge is 0.331 e. The fourth-order valence-electron chi connectivity index (χ4n) is 12.5. The number of phenolic OH excluding ortho intramolecular Hbond substituents is 1. The van der Waals surface area contributed by atoms with Crippen LogP contribution < -0.4 is 4.74 Å². The summed E-state index contributed by atoms with van der Waals surface area (Å²) in [6.07, 6.45) is 20.1. The lowest BCUT2D eigenvalue weighted by molar-refractivity contribution is -0.179. The normalized spacial score (nSPS) is 40.6. The highest BCUT2D eigenvalue weighted by Crippen LogP contribution is 2.89. The SMILES string of the molecule is COc1cc(/C=C/C(=O)OC2CC[C@]34C[C@]35CC[C@]3(C)[C@@H]([C@H](C)CCC=C(C)C)CC[C@@]3(C)[C@@H]5CC[C@H]4C2(C)C)ccc1O. The zero-order valence-corrected chi connectivity index (χ0v) is 28.8. The van der Waals surface area contributed by atoms with Gasteiger partial charge in [-0.2, -0.15) is 0 Å². The van der Waals surface area contributed by atoms with Crippen LogP contribution in [0.4, 0.5) is 0 Å². The molecule has 0 aromatic heterocycles. The molecule has 5 aliphatic rings. The number of aromatic hydroxyl groups is 1. The Kier molecular flexibility index (Phi) is 7.89. The van der Waals surface area contributed by atoms with Gasteiger partial charge in [0.05, 0.1) is 7.11 Å². The third-order valence-electron chi connectivity index (χ3n) is 14.8. The van der Waals surface area contributed by atoms with Crippen molar-refractivity contribution < 1.29 is 19.4 Å². The van der Waals surface area contributed by atoms with Gasteiger partial charge in [-0.15, -0.1) is 0 Å². The van der Waals surface area contributed by atoms with Gasteiger partial charge in [-0.25, -0.2) is 4.79 Å². The van der Waals surface area contributed by atoms with Crippen LogP contribution in [0.1, 0.15) is 125 Å². The maximum absolute atomic E-state index is 13.1. The van der Waals surface area contributed by atoms with E-state index in [4.69, 9.17) is 9.47 Å². The van der Waals surface area contributed by atoms with Gasteiger partial charge >= 0.3 is 5.97 Å². The van der Waals surface area contributed by atoms with Gasteiger partial charge in [0.1, 0.15) is 6.10 Å². The molecule has 2 spiro atoms. The van der Waals surface area contributed by atoms with Crippen LogP contribution >= 0.6 is 0 Å². The fourth-order valence-corrected chi connectivity index (χ4v) is 12.5. The van der Waals surface area contributed by atoms with E-state index in [0.29, 0.717) is 33.3 Å². The van der Waals surface area contributed by atoms with Gasteiger partial charge in [0.2, 0.25) is 0 Å². The minimum absolute atomic E-state index is 0.0305. The lowest BCUT2D eigenvalue weighted by Crippen LogP contribution is -2.58. The Morgan fingerprint density at radius 2 is 1.70 bits per heavy atom. The van der Waals surface area contributed by atoms with Gasteiger partial charge in [0.25, 0.3) is 0 Å². The molecule has 4 nitrogen and oxygen atoms in total. The molecule has 0 amide bonds. The summed E-state index contributed by atoms with van der Waals surface area (Å²) in [7, 11) is 1.53. The molecule has 1 N–H and O–H groups in total. The van der Waals surface area contributed by atoms with E-state index in [2.05, 4.69) is 54.5 Å². The van der Waals surface area contributed by atoms with Crippen LogP contribution in [0.2, 0.25) is 0 Å². The summed E-state index contributed by atoms with van der Waals surface area (Å²) in [5.41, 5.74) is 4.08. The number of phenols is 1. The number of fused-ring (bicyclic) bond motifs is 2. The highest BCUT2D eigenvalue weighted by atomic mass is 16.5. The zero-order valence-electron chi connectivity index (χ0n) is 28.8. The summed E-state index contributed by atoms with van der Waals surface area (Å²) in [4.78, 5) is 13.1. The Morgan fingerprint density at radius 3 is 2.43 bits per heavy atom. The van der Waals surface area contributed by atoms with Crippen molar-refractivity contribution in [3.05, 3.63) is 41.5 Å². The van der Waals surface area contributed by atoms with Crippen LogP contribution in [0.3, 0.4) is 0 Å². The maximum atomic E-state index is 13.1. The van der Waals surface area contributed by atoms with Crippen molar-refractivity contribution in [2.45, 2.75) is 125 Å². The Hall–Kier alpha value is -2.23. The molecule has 5 saturated carbocycles. The van der Waals surface area contributed by atoms with Crippen molar-refractivity contribution in [2.24, 2.45) is 50.7 Å².